The number of ether oxygens (including phenoxy) is 2. The Kier molecular flexibility index (Phi) is 7.33. The van der Waals surface area contributed by atoms with E-state index in [9.17, 15) is 4.79 Å². The van der Waals surface area contributed by atoms with Gasteiger partial charge in [0.25, 0.3) is 0 Å². The zero-order valence-corrected chi connectivity index (χ0v) is 19.4. The molecule has 0 aromatic heterocycles. The van der Waals surface area contributed by atoms with E-state index in [0.717, 1.165) is 49.8 Å². The average Bonchev–Trinajstić information content (AvgIpc) is 3.22. The highest BCUT2D eigenvalue weighted by Gasteiger charge is 2.39. The average molecular weight is 438 g/mol. The number of amides is 1. The van der Waals surface area contributed by atoms with Crippen molar-refractivity contribution in [3.63, 3.8) is 0 Å². The Morgan fingerprint density at radius 2 is 1.56 bits per heavy atom. The van der Waals surface area contributed by atoms with Crippen LogP contribution >= 0.6 is 0 Å². The van der Waals surface area contributed by atoms with Gasteiger partial charge < -0.3 is 19.7 Å². The number of piperidine rings is 1. The molecule has 0 bridgehead atoms. The van der Waals surface area contributed by atoms with Crippen LogP contribution in [0.5, 0.6) is 11.5 Å². The predicted molar refractivity (Wildman–Crippen MR) is 127 cm³/mol. The van der Waals surface area contributed by atoms with Crippen molar-refractivity contribution in [3.05, 3.63) is 54.1 Å². The number of likely N-dealkylation sites (tertiary alicyclic amines) is 2. The normalized spacial score (nSPS) is 22.6. The number of carbonyl (C=O) groups excluding carboxylic acids is 1. The summed E-state index contributed by atoms with van der Waals surface area (Å²) in [5, 5.41) is 3.08. The van der Waals surface area contributed by atoms with Crippen LogP contribution in [0.2, 0.25) is 0 Å². The van der Waals surface area contributed by atoms with Crippen molar-refractivity contribution in [1.82, 2.24) is 9.80 Å². The fourth-order valence-electron chi connectivity index (χ4n) is 5.17. The maximum absolute atomic E-state index is 12.9. The molecule has 6 nitrogen and oxygen atoms in total. The molecule has 4 rings (SSSR count). The minimum Gasteiger partial charge on any atom is -0.497 e. The van der Waals surface area contributed by atoms with E-state index >= 15 is 0 Å². The van der Waals surface area contributed by atoms with Crippen molar-refractivity contribution in [2.45, 2.75) is 31.8 Å². The van der Waals surface area contributed by atoms with Crippen LogP contribution in [0.4, 0.5) is 5.69 Å². The molecule has 0 unspecified atom stereocenters. The lowest BCUT2D eigenvalue weighted by atomic mass is 9.86. The second-order valence-electron chi connectivity index (χ2n) is 9.12. The minimum atomic E-state index is 0.0458. The molecule has 2 atom stereocenters. The summed E-state index contributed by atoms with van der Waals surface area (Å²) in [5.41, 5.74) is 2.16. The van der Waals surface area contributed by atoms with Gasteiger partial charge >= 0.3 is 0 Å². The molecule has 2 aliphatic rings. The van der Waals surface area contributed by atoms with Gasteiger partial charge in [-0.2, -0.15) is 0 Å². The van der Waals surface area contributed by atoms with E-state index in [4.69, 9.17) is 9.47 Å². The largest absolute Gasteiger partial charge is 0.497 e. The van der Waals surface area contributed by atoms with Crippen LogP contribution in [-0.2, 0) is 11.3 Å². The van der Waals surface area contributed by atoms with Crippen molar-refractivity contribution < 1.29 is 14.3 Å². The van der Waals surface area contributed by atoms with Gasteiger partial charge in [0.2, 0.25) is 5.91 Å². The van der Waals surface area contributed by atoms with E-state index in [0.29, 0.717) is 12.0 Å². The van der Waals surface area contributed by atoms with Crippen LogP contribution in [0, 0.1) is 11.8 Å². The van der Waals surface area contributed by atoms with Crippen LogP contribution in [-0.4, -0.2) is 62.7 Å². The highest BCUT2D eigenvalue weighted by Crippen LogP contribution is 2.34. The summed E-state index contributed by atoms with van der Waals surface area (Å²) in [6, 6.07) is 16.4. The van der Waals surface area contributed by atoms with E-state index in [1.54, 1.807) is 14.2 Å². The van der Waals surface area contributed by atoms with Crippen LogP contribution in [0.1, 0.15) is 24.8 Å². The fraction of sp³-hybridized carbons (Fsp3) is 0.500. The molecule has 6 heteroatoms. The topological polar surface area (TPSA) is 54.0 Å². The Bertz CT molecular complexity index is 876. The van der Waals surface area contributed by atoms with E-state index in [-0.39, 0.29) is 11.8 Å². The van der Waals surface area contributed by atoms with Crippen molar-refractivity contribution >= 4 is 11.6 Å². The van der Waals surface area contributed by atoms with E-state index in [1.807, 2.05) is 36.4 Å². The van der Waals surface area contributed by atoms with Gasteiger partial charge in [0.15, 0.2) is 0 Å². The zero-order chi connectivity index (χ0) is 22.5. The maximum atomic E-state index is 12.9. The second-order valence-corrected chi connectivity index (χ2v) is 9.12. The first-order valence-electron chi connectivity index (χ1n) is 11.6. The molecule has 2 fully saturated rings. The number of carbonyl (C=O) groups is 1. The lowest BCUT2D eigenvalue weighted by molar-refractivity contribution is -0.119. The standard InChI is InChI=1S/C26H35N3O3/c1-28-18-21(26(30)27-22-6-10-24(32-3)11-7-22)16-25(28)20-12-14-29(15-13-20)17-19-4-8-23(31-2)9-5-19/h4-11,20-21,25H,12-18H2,1-3H3,(H,27,30)/t21-,25+/m1/s1. The third kappa shape index (κ3) is 5.43. The molecule has 32 heavy (non-hydrogen) atoms. The molecule has 0 radical (unpaired) electrons. The first kappa shape index (κ1) is 22.6. The molecule has 2 saturated heterocycles. The van der Waals surface area contributed by atoms with Crippen LogP contribution in [0.15, 0.2) is 48.5 Å². The van der Waals surface area contributed by atoms with Crippen LogP contribution < -0.4 is 14.8 Å². The smallest absolute Gasteiger partial charge is 0.228 e. The Balaban J connectivity index is 1.26. The summed E-state index contributed by atoms with van der Waals surface area (Å²) in [6.45, 7) is 4.05. The van der Waals surface area contributed by atoms with Crippen molar-refractivity contribution in [1.29, 1.82) is 0 Å². The van der Waals surface area contributed by atoms with Gasteiger partial charge in [0, 0.05) is 24.8 Å². The van der Waals surface area contributed by atoms with Crippen LogP contribution in [0.3, 0.4) is 0 Å². The van der Waals surface area contributed by atoms with Crippen molar-refractivity contribution in [2.75, 3.05) is 46.2 Å². The lowest BCUT2D eigenvalue weighted by Gasteiger charge is -2.37. The minimum absolute atomic E-state index is 0.0458. The Hall–Kier alpha value is -2.57. The summed E-state index contributed by atoms with van der Waals surface area (Å²) >= 11 is 0. The highest BCUT2D eigenvalue weighted by atomic mass is 16.5. The number of nitrogens with one attached hydrogen (secondary N) is 1. The van der Waals surface area contributed by atoms with E-state index < -0.39 is 0 Å². The van der Waals surface area contributed by atoms with Gasteiger partial charge in [-0.25, -0.2) is 0 Å². The monoisotopic (exact) mass is 437 g/mol. The SMILES string of the molecule is COc1ccc(CN2CCC([C@@H]3C[C@@H](C(=O)Nc4ccc(OC)cc4)CN3C)CC2)cc1. The molecular formula is C26H35N3O3. The maximum Gasteiger partial charge on any atom is 0.228 e. The molecular weight excluding hydrogens is 402 g/mol. The summed E-state index contributed by atoms with van der Waals surface area (Å²) in [4.78, 5) is 17.8. The Labute approximate surface area is 191 Å². The van der Waals surface area contributed by atoms with Crippen molar-refractivity contribution in [2.24, 2.45) is 11.8 Å². The lowest BCUT2D eigenvalue weighted by Crippen LogP contribution is -2.41. The van der Waals surface area contributed by atoms with E-state index in [1.165, 1.54) is 18.4 Å². The fourth-order valence-corrected chi connectivity index (χ4v) is 5.17. The molecule has 0 aliphatic carbocycles. The number of nitrogens with zero attached hydrogens (tertiary/aromatic N) is 2. The molecule has 0 spiro atoms. The zero-order valence-electron chi connectivity index (χ0n) is 19.4. The number of rotatable bonds is 7. The first-order valence-corrected chi connectivity index (χ1v) is 11.6. The number of hydrogen-bond acceptors (Lipinski definition) is 5. The third-order valence-corrected chi connectivity index (χ3v) is 7.07. The van der Waals surface area contributed by atoms with Gasteiger partial charge in [0.1, 0.15) is 11.5 Å². The summed E-state index contributed by atoms with van der Waals surface area (Å²) in [6.07, 6.45) is 3.33. The summed E-state index contributed by atoms with van der Waals surface area (Å²) < 4.78 is 10.4. The number of hydrogen-bond donors (Lipinski definition) is 1. The van der Waals surface area contributed by atoms with E-state index in [2.05, 4.69) is 34.3 Å². The van der Waals surface area contributed by atoms with Crippen molar-refractivity contribution in [3.8, 4) is 11.5 Å². The molecule has 0 saturated carbocycles. The quantitative estimate of drug-likeness (QED) is 0.713. The van der Waals surface area contributed by atoms with Gasteiger partial charge in [-0.3, -0.25) is 9.69 Å². The van der Waals surface area contributed by atoms with Gasteiger partial charge in [-0.15, -0.1) is 0 Å². The summed E-state index contributed by atoms with van der Waals surface area (Å²) in [5.74, 6) is 2.53. The molecule has 2 heterocycles. The predicted octanol–water partition coefficient (Wildman–Crippen LogP) is 3.87. The van der Waals surface area contributed by atoms with Gasteiger partial charge in [0.05, 0.1) is 20.1 Å². The number of methoxy groups -OCH3 is 2. The Morgan fingerprint density at radius 1 is 0.969 bits per heavy atom. The molecule has 2 aromatic rings. The Morgan fingerprint density at radius 3 is 2.16 bits per heavy atom. The van der Waals surface area contributed by atoms with Gasteiger partial charge in [-0.1, -0.05) is 12.1 Å². The number of anilines is 1. The third-order valence-electron chi connectivity index (χ3n) is 7.07. The second kappa shape index (κ2) is 10.4. The molecule has 2 aromatic carbocycles. The van der Waals surface area contributed by atoms with Gasteiger partial charge in [-0.05, 0) is 87.3 Å². The molecule has 172 valence electrons. The number of benzene rings is 2. The molecule has 1 N–H and O–H groups in total. The van der Waals surface area contributed by atoms with Crippen LogP contribution in [0.25, 0.3) is 0 Å². The highest BCUT2D eigenvalue weighted by molar-refractivity contribution is 5.93. The molecule has 1 amide bonds. The molecule has 2 aliphatic heterocycles. The first-order chi connectivity index (χ1) is 15.6. The summed E-state index contributed by atoms with van der Waals surface area (Å²) in [7, 11) is 5.52.